The molecule has 0 radical (unpaired) electrons. The predicted molar refractivity (Wildman–Crippen MR) is 97.0 cm³/mol. The van der Waals surface area contributed by atoms with Crippen molar-refractivity contribution in [3.05, 3.63) is 29.8 Å². The zero-order valence-corrected chi connectivity index (χ0v) is 16.1. The summed E-state index contributed by atoms with van der Waals surface area (Å²) in [6, 6.07) is 6.21. The summed E-state index contributed by atoms with van der Waals surface area (Å²) in [7, 11) is -0.519. The first-order valence-corrected chi connectivity index (χ1v) is 10.1. The van der Waals surface area contributed by atoms with Crippen LogP contribution in [0.4, 0.5) is 0 Å². The molecular weight excluding hydrogens is 356 g/mol. The Bertz CT molecular complexity index is 750. The lowest BCUT2D eigenvalue weighted by Gasteiger charge is -2.26. The van der Waals surface area contributed by atoms with Crippen LogP contribution in [0.5, 0.6) is 0 Å². The van der Waals surface area contributed by atoms with Gasteiger partial charge in [0.25, 0.3) is 0 Å². The van der Waals surface area contributed by atoms with E-state index in [9.17, 15) is 18.0 Å². The van der Waals surface area contributed by atoms with Gasteiger partial charge in [0.1, 0.15) is 0 Å². The molecule has 1 atom stereocenters. The van der Waals surface area contributed by atoms with Gasteiger partial charge in [0.2, 0.25) is 15.9 Å². The highest BCUT2D eigenvalue weighted by Gasteiger charge is 2.30. The van der Waals surface area contributed by atoms with Gasteiger partial charge in [0, 0.05) is 20.0 Å². The molecule has 26 heavy (non-hydrogen) atoms. The highest BCUT2D eigenvalue weighted by Crippen LogP contribution is 2.29. The summed E-state index contributed by atoms with van der Waals surface area (Å²) >= 11 is 0. The van der Waals surface area contributed by atoms with E-state index in [-0.39, 0.29) is 28.7 Å². The highest BCUT2D eigenvalue weighted by atomic mass is 32.2. The summed E-state index contributed by atoms with van der Waals surface area (Å²) in [5.74, 6) is -1.37. The van der Waals surface area contributed by atoms with Gasteiger partial charge >= 0.3 is 5.97 Å². The number of carbonyl (C=O) groups is 2. The molecule has 1 aliphatic carbocycles. The van der Waals surface area contributed by atoms with Crippen LogP contribution in [0.2, 0.25) is 0 Å². The molecule has 1 aromatic rings. The summed E-state index contributed by atoms with van der Waals surface area (Å²) in [6.07, 6.45) is 2.21. The lowest BCUT2D eigenvalue weighted by Crippen LogP contribution is -2.35. The summed E-state index contributed by atoms with van der Waals surface area (Å²) in [6.45, 7) is 1.84. The van der Waals surface area contributed by atoms with Crippen molar-refractivity contribution in [2.75, 3.05) is 14.1 Å². The van der Waals surface area contributed by atoms with Crippen LogP contribution in [0.15, 0.2) is 29.2 Å². The third kappa shape index (κ3) is 4.62. The third-order valence-corrected chi connectivity index (χ3v) is 6.79. The maximum atomic E-state index is 12.4. The van der Waals surface area contributed by atoms with E-state index in [0.29, 0.717) is 25.7 Å². The Labute approximate surface area is 154 Å². The van der Waals surface area contributed by atoms with Crippen molar-refractivity contribution in [1.29, 1.82) is 0 Å². The van der Waals surface area contributed by atoms with Crippen LogP contribution in [0.1, 0.15) is 44.2 Å². The number of carboxylic acid groups (broad SMARTS) is 1. The zero-order chi connectivity index (χ0) is 19.5. The lowest BCUT2D eigenvalue weighted by atomic mass is 9.81. The van der Waals surface area contributed by atoms with Gasteiger partial charge in [-0.1, -0.05) is 12.1 Å². The summed E-state index contributed by atoms with van der Waals surface area (Å²) < 4.78 is 25.3. The minimum Gasteiger partial charge on any atom is -0.481 e. The number of carbonyl (C=O) groups excluding carboxylic acids is 1. The predicted octanol–water partition coefficient (Wildman–Crippen LogP) is 2.01. The molecule has 1 unspecified atom stereocenters. The maximum absolute atomic E-state index is 12.4. The van der Waals surface area contributed by atoms with E-state index in [2.05, 4.69) is 5.32 Å². The molecule has 0 aromatic heterocycles. The standard InChI is InChI=1S/C18H26N2O5S/c1-12(13-8-10-16(11-9-13)26(24,25)20(2)3)19-17(21)14-4-6-15(7-5-14)18(22)23/h8-12,14-15H,4-7H2,1-3H3,(H,19,21)(H,22,23). The van der Waals surface area contributed by atoms with Gasteiger partial charge in [-0.2, -0.15) is 0 Å². The molecule has 0 spiro atoms. The van der Waals surface area contributed by atoms with Crippen molar-refractivity contribution in [2.45, 2.75) is 43.5 Å². The minimum absolute atomic E-state index is 0.0775. The third-order valence-electron chi connectivity index (χ3n) is 4.96. The SMILES string of the molecule is CC(NC(=O)C1CCC(C(=O)O)CC1)c1ccc(S(=O)(=O)N(C)C)cc1. The minimum atomic E-state index is -3.47. The molecule has 2 N–H and O–H groups in total. The van der Waals surface area contributed by atoms with Crippen molar-refractivity contribution >= 4 is 21.9 Å². The van der Waals surface area contributed by atoms with Gasteiger partial charge < -0.3 is 10.4 Å². The molecule has 0 aliphatic heterocycles. The van der Waals surface area contributed by atoms with Crippen LogP contribution in [0.25, 0.3) is 0 Å². The second-order valence-corrected chi connectivity index (χ2v) is 9.13. The Morgan fingerprint density at radius 3 is 2.04 bits per heavy atom. The first-order chi connectivity index (χ1) is 12.1. The zero-order valence-electron chi connectivity index (χ0n) is 15.3. The van der Waals surface area contributed by atoms with Crippen LogP contribution < -0.4 is 5.32 Å². The smallest absolute Gasteiger partial charge is 0.306 e. The first kappa shape index (κ1) is 20.4. The number of hydrogen-bond donors (Lipinski definition) is 2. The quantitative estimate of drug-likeness (QED) is 0.783. The number of nitrogens with one attached hydrogen (secondary N) is 1. The van der Waals surface area contributed by atoms with Crippen LogP contribution in [-0.4, -0.2) is 43.8 Å². The molecule has 8 heteroatoms. The van der Waals surface area contributed by atoms with Crippen LogP contribution in [0, 0.1) is 11.8 Å². The van der Waals surface area contributed by atoms with E-state index in [1.54, 1.807) is 12.1 Å². The number of carboxylic acids is 1. The van der Waals surface area contributed by atoms with E-state index < -0.39 is 16.0 Å². The number of amides is 1. The Morgan fingerprint density at radius 1 is 1.08 bits per heavy atom. The number of sulfonamides is 1. The molecule has 1 aliphatic rings. The summed E-state index contributed by atoms with van der Waals surface area (Å²) in [4.78, 5) is 23.6. The van der Waals surface area contributed by atoms with E-state index in [1.807, 2.05) is 6.92 Å². The van der Waals surface area contributed by atoms with Gasteiger partial charge in [-0.15, -0.1) is 0 Å². The second kappa shape index (κ2) is 8.18. The van der Waals surface area contributed by atoms with E-state index in [0.717, 1.165) is 9.87 Å². The van der Waals surface area contributed by atoms with Gasteiger partial charge in [0.05, 0.1) is 16.9 Å². The molecule has 7 nitrogen and oxygen atoms in total. The molecule has 1 aromatic carbocycles. The normalized spacial score (nSPS) is 22.0. The fraction of sp³-hybridized carbons (Fsp3) is 0.556. The number of benzene rings is 1. The Morgan fingerprint density at radius 2 is 1.58 bits per heavy atom. The van der Waals surface area contributed by atoms with Gasteiger partial charge in [-0.05, 0) is 50.3 Å². The number of nitrogens with zero attached hydrogens (tertiary/aromatic N) is 1. The number of aliphatic carboxylic acids is 1. The molecular formula is C18H26N2O5S. The van der Waals surface area contributed by atoms with E-state index in [4.69, 9.17) is 5.11 Å². The number of hydrogen-bond acceptors (Lipinski definition) is 4. The second-order valence-electron chi connectivity index (χ2n) is 6.97. The van der Waals surface area contributed by atoms with Crippen molar-refractivity contribution < 1.29 is 23.1 Å². The molecule has 0 heterocycles. The van der Waals surface area contributed by atoms with Crippen LogP contribution in [0.3, 0.4) is 0 Å². The highest BCUT2D eigenvalue weighted by molar-refractivity contribution is 7.89. The maximum Gasteiger partial charge on any atom is 0.306 e. The molecule has 1 saturated carbocycles. The Kier molecular flexibility index (Phi) is 6.41. The topological polar surface area (TPSA) is 104 Å². The molecule has 0 saturated heterocycles. The van der Waals surface area contributed by atoms with Gasteiger partial charge in [-0.3, -0.25) is 9.59 Å². The average Bonchev–Trinajstić information content (AvgIpc) is 2.61. The van der Waals surface area contributed by atoms with E-state index >= 15 is 0 Å². The monoisotopic (exact) mass is 382 g/mol. The molecule has 144 valence electrons. The van der Waals surface area contributed by atoms with Gasteiger partial charge in [-0.25, -0.2) is 12.7 Å². The van der Waals surface area contributed by atoms with Gasteiger partial charge in [0.15, 0.2) is 0 Å². The average molecular weight is 382 g/mol. The largest absolute Gasteiger partial charge is 0.481 e. The van der Waals surface area contributed by atoms with Crippen molar-refractivity contribution in [3.8, 4) is 0 Å². The number of rotatable bonds is 6. The summed E-state index contributed by atoms with van der Waals surface area (Å²) in [5, 5.41) is 12.0. The van der Waals surface area contributed by atoms with Crippen molar-refractivity contribution in [1.82, 2.24) is 9.62 Å². The molecule has 1 amide bonds. The molecule has 2 rings (SSSR count). The molecule has 0 bridgehead atoms. The fourth-order valence-corrected chi connectivity index (χ4v) is 4.06. The van der Waals surface area contributed by atoms with Crippen LogP contribution >= 0.6 is 0 Å². The van der Waals surface area contributed by atoms with Crippen molar-refractivity contribution in [2.24, 2.45) is 11.8 Å². The Hall–Kier alpha value is -1.93. The molecule has 1 fully saturated rings. The summed E-state index contributed by atoms with van der Waals surface area (Å²) in [5.41, 5.74) is 0.815. The van der Waals surface area contributed by atoms with Crippen molar-refractivity contribution in [3.63, 3.8) is 0 Å². The first-order valence-electron chi connectivity index (χ1n) is 8.68. The van der Waals surface area contributed by atoms with E-state index in [1.165, 1.54) is 26.2 Å². The Balaban J connectivity index is 1.96. The van der Waals surface area contributed by atoms with Crippen LogP contribution in [-0.2, 0) is 19.6 Å². The fourth-order valence-electron chi connectivity index (χ4n) is 3.16. The lowest BCUT2D eigenvalue weighted by molar-refractivity contribution is -0.144.